The summed E-state index contributed by atoms with van der Waals surface area (Å²) in [5.74, 6) is 0.464. The van der Waals surface area contributed by atoms with Crippen molar-refractivity contribution in [2.75, 3.05) is 0 Å². The highest BCUT2D eigenvalue weighted by atomic mass is 35.5. The molecule has 0 aliphatic heterocycles. The Morgan fingerprint density at radius 1 is 0.944 bits per heavy atom. The third kappa shape index (κ3) is 2.59. The van der Waals surface area contributed by atoms with Crippen molar-refractivity contribution in [2.45, 2.75) is 33.6 Å². The summed E-state index contributed by atoms with van der Waals surface area (Å²) in [4.78, 5) is 0. The zero-order valence-corrected chi connectivity index (χ0v) is 12.2. The van der Waals surface area contributed by atoms with E-state index >= 15 is 0 Å². The topological polar surface area (TPSA) is 0 Å². The third-order valence-electron chi connectivity index (χ3n) is 3.32. The smallest absolute Gasteiger partial charge is 0.0446 e. The molecular formula is C17H19Cl. The lowest BCUT2D eigenvalue weighted by Gasteiger charge is -2.12. The minimum absolute atomic E-state index is 0.464. The predicted molar refractivity (Wildman–Crippen MR) is 80.5 cm³/mol. The molecule has 0 aliphatic rings. The van der Waals surface area contributed by atoms with Crippen LogP contribution in [0.5, 0.6) is 0 Å². The van der Waals surface area contributed by atoms with E-state index in [1.165, 1.54) is 27.8 Å². The normalized spacial score (nSPS) is 11.0. The average molecular weight is 259 g/mol. The zero-order valence-electron chi connectivity index (χ0n) is 11.4. The Labute approximate surface area is 115 Å². The molecule has 0 bridgehead atoms. The lowest BCUT2D eigenvalue weighted by atomic mass is 9.95. The molecule has 0 amide bonds. The minimum atomic E-state index is 0.464. The minimum Gasteiger partial charge on any atom is -0.0840 e. The second-order valence-electron chi connectivity index (χ2n) is 5.21. The van der Waals surface area contributed by atoms with E-state index in [1.807, 2.05) is 0 Å². The van der Waals surface area contributed by atoms with Crippen LogP contribution in [0, 0.1) is 13.8 Å². The van der Waals surface area contributed by atoms with E-state index in [2.05, 4.69) is 64.1 Å². The van der Waals surface area contributed by atoms with Crippen molar-refractivity contribution in [3.8, 4) is 11.1 Å². The fourth-order valence-electron chi connectivity index (χ4n) is 2.30. The van der Waals surface area contributed by atoms with Crippen LogP contribution in [-0.2, 0) is 0 Å². The molecule has 0 aromatic heterocycles. The predicted octanol–water partition coefficient (Wildman–Crippen LogP) is 5.75. The SMILES string of the molecule is Cc1ccc(-c2ccc(C(C)C)c(Cl)c2)c(C)c1. The Bertz CT molecular complexity index is 568. The fourth-order valence-corrected chi connectivity index (χ4v) is 2.70. The van der Waals surface area contributed by atoms with Gasteiger partial charge in [0.15, 0.2) is 0 Å². The van der Waals surface area contributed by atoms with Gasteiger partial charge in [-0.05, 0) is 48.1 Å². The molecule has 0 atom stereocenters. The van der Waals surface area contributed by atoms with Gasteiger partial charge in [-0.3, -0.25) is 0 Å². The summed E-state index contributed by atoms with van der Waals surface area (Å²) >= 11 is 6.36. The summed E-state index contributed by atoms with van der Waals surface area (Å²) in [7, 11) is 0. The summed E-state index contributed by atoms with van der Waals surface area (Å²) in [6.45, 7) is 8.59. The molecule has 18 heavy (non-hydrogen) atoms. The van der Waals surface area contributed by atoms with Crippen LogP contribution in [0.15, 0.2) is 36.4 Å². The number of rotatable bonds is 2. The molecule has 0 nitrogen and oxygen atoms in total. The van der Waals surface area contributed by atoms with Crippen molar-refractivity contribution in [1.82, 2.24) is 0 Å². The molecule has 0 heterocycles. The van der Waals surface area contributed by atoms with Gasteiger partial charge in [-0.15, -0.1) is 0 Å². The van der Waals surface area contributed by atoms with Gasteiger partial charge in [0.2, 0.25) is 0 Å². The lowest BCUT2D eigenvalue weighted by Crippen LogP contribution is -1.90. The largest absolute Gasteiger partial charge is 0.0840 e. The van der Waals surface area contributed by atoms with Crippen molar-refractivity contribution < 1.29 is 0 Å². The van der Waals surface area contributed by atoms with Crippen LogP contribution in [0.2, 0.25) is 5.02 Å². The molecule has 2 aromatic carbocycles. The quantitative estimate of drug-likeness (QED) is 0.644. The van der Waals surface area contributed by atoms with Crippen LogP contribution >= 0.6 is 11.6 Å². The van der Waals surface area contributed by atoms with E-state index in [0.717, 1.165) is 5.02 Å². The van der Waals surface area contributed by atoms with E-state index in [1.54, 1.807) is 0 Å². The molecule has 0 saturated heterocycles. The lowest BCUT2D eigenvalue weighted by molar-refractivity contribution is 0.867. The Hall–Kier alpha value is -1.27. The van der Waals surface area contributed by atoms with Gasteiger partial charge in [0, 0.05) is 5.02 Å². The Morgan fingerprint density at radius 2 is 1.67 bits per heavy atom. The zero-order chi connectivity index (χ0) is 13.3. The molecule has 0 N–H and O–H groups in total. The standard InChI is InChI=1S/C17H19Cl/c1-11(2)15-8-6-14(10-17(15)18)16-7-5-12(3)9-13(16)4/h5-11H,1-4H3. The summed E-state index contributed by atoms with van der Waals surface area (Å²) in [6, 6.07) is 12.9. The first-order valence-electron chi connectivity index (χ1n) is 6.36. The van der Waals surface area contributed by atoms with Crippen molar-refractivity contribution in [3.05, 3.63) is 58.1 Å². The highest BCUT2D eigenvalue weighted by Gasteiger charge is 2.08. The summed E-state index contributed by atoms with van der Waals surface area (Å²) in [5, 5.41) is 0.863. The van der Waals surface area contributed by atoms with Crippen LogP contribution in [0.3, 0.4) is 0 Å². The van der Waals surface area contributed by atoms with Gasteiger partial charge >= 0.3 is 0 Å². The number of halogens is 1. The van der Waals surface area contributed by atoms with Gasteiger partial charge in [0.25, 0.3) is 0 Å². The molecule has 94 valence electrons. The van der Waals surface area contributed by atoms with Gasteiger partial charge in [-0.25, -0.2) is 0 Å². The molecular weight excluding hydrogens is 240 g/mol. The van der Waals surface area contributed by atoms with E-state index in [9.17, 15) is 0 Å². The highest BCUT2D eigenvalue weighted by molar-refractivity contribution is 6.31. The number of hydrogen-bond donors (Lipinski definition) is 0. The maximum atomic E-state index is 6.36. The van der Waals surface area contributed by atoms with Gasteiger partial charge < -0.3 is 0 Å². The van der Waals surface area contributed by atoms with Crippen LogP contribution in [-0.4, -0.2) is 0 Å². The molecule has 2 rings (SSSR count). The van der Waals surface area contributed by atoms with Crippen molar-refractivity contribution >= 4 is 11.6 Å². The summed E-state index contributed by atoms with van der Waals surface area (Å²) < 4.78 is 0. The molecule has 0 saturated carbocycles. The summed E-state index contributed by atoms with van der Waals surface area (Å²) in [6.07, 6.45) is 0. The fraction of sp³-hybridized carbons (Fsp3) is 0.294. The van der Waals surface area contributed by atoms with Crippen LogP contribution in [0.25, 0.3) is 11.1 Å². The van der Waals surface area contributed by atoms with E-state index in [-0.39, 0.29) is 0 Å². The van der Waals surface area contributed by atoms with Crippen molar-refractivity contribution in [2.24, 2.45) is 0 Å². The molecule has 0 unspecified atom stereocenters. The van der Waals surface area contributed by atoms with Gasteiger partial charge in [-0.2, -0.15) is 0 Å². The van der Waals surface area contributed by atoms with Crippen LogP contribution < -0.4 is 0 Å². The van der Waals surface area contributed by atoms with E-state index in [0.29, 0.717) is 5.92 Å². The second kappa shape index (κ2) is 5.16. The third-order valence-corrected chi connectivity index (χ3v) is 3.64. The van der Waals surface area contributed by atoms with Crippen molar-refractivity contribution in [1.29, 1.82) is 0 Å². The first kappa shape index (κ1) is 13.2. The molecule has 1 heteroatoms. The maximum absolute atomic E-state index is 6.36. The monoisotopic (exact) mass is 258 g/mol. The van der Waals surface area contributed by atoms with Crippen LogP contribution in [0.1, 0.15) is 36.5 Å². The van der Waals surface area contributed by atoms with Crippen molar-refractivity contribution in [3.63, 3.8) is 0 Å². The average Bonchev–Trinajstić information content (AvgIpc) is 2.28. The van der Waals surface area contributed by atoms with E-state index < -0.39 is 0 Å². The van der Waals surface area contributed by atoms with Gasteiger partial charge in [-0.1, -0.05) is 61.3 Å². The number of hydrogen-bond acceptors (Lipinski definition) is 0. The van der Waals surface area contributed by atoms with E-state index in [4.69, 9.17) is 11.6 Å². The van der Waals surface area contributed by atoms with Gasteiger partial charge in [0.05, 0.1) is 0 Å². The molecule has 2 aromatic rings. The van der Waals surface area contributed by atoms with Gasteiger partial charge in [0.1, 0.15) is 0 Å². The first-order chi connectivity index (χ1) is 8.49. The molecule has 0 fully saturated rings. The molecule has 0 spiro atoms. The Balaban J connectivity index is 2.49. The van der Waals surface area contributed by atoms with Crippen LogP contribution in [0.4, 0.5) is 0 Å². The number of aryl methyl sites for hydroxylation is 2. The Morgan fingerprint density at radius 3 is 2.22 bits per heavy atom. The second-order valence-corrected chi connectivity index (χ2v) is 5.62. The summed E-state index contributed by atoms with van der Waals surface area (Å²) in [5.41, 5.74) is 6.26. The number of benzene rings is 2. The molecule has 0 radical (unpaired) electrons. The Kier molecular flexibility index (Phi) is 3.77. The maximum Gasteiger partial charge on any atom is 0.0446 e. The highest BCUT2D eigenvalue weighted by Crippen LogP contribution is 2.31. The first-order valence-corrected chi connectivity index (χ1v) is 6.74. The molecule has 0 aliphatic carbocycles.